The third-order valence-electron chi connectivity index (χ3n) is 8.71. The average molecular weight is 401 g/mol. The summed E-state index contributed by atoms with van der Waals surface area (Å²) in [4.78, 5) is 12.1. The Morgan fingerprint density at radius 1 is 1.21 bits per heavy atom. The molecule has 152 valence electrons. The van der Waals surface area contributed by atoms with Crippen molar-refractivity contribution in [2.75, 3.05) is 5.88 Å². The van der Waals surface area contributed by atoms with Crippen LogP contribution in [-0.4, -0.2) is 22.4 Å². The molecule has 2 saturated carbocycles. The number of allylic oxidation sites excluding steroid dienone is 4. The number of carbonyl (C=O) groups excluding carboxylic acids is 1. The third-order valence-corrected chi connectivity index (χ3v) is 8.98. The first-order valence-corrected chi connectivity index (χ1v) is 11.5. The number of carbonyl (C=O) groups is 1. The Balaban J connectivity index is 1.68. The van der Waals surface area contributed by atoms with Gasteiger partial charge in [0.2, 0.25) is 0 Å². The summed E-state index contributed by atoms with van der Waals surface area (Å²) in [7, 11) is 0. The molecule has 6 atom stereocenters. The zero-order chi connectivity index (χ0) is 20.2. The molecule has 0 aromatic carbocycles. The van der Waals surface area contributed by atoms with E-state index in [0.29, 0.717) is 30.1 Å². The molecule has 0 aliphatic heterocycles. The monoisotopic (exact) mass is 400 g/mol. The summed E-state index contributed by atoms with van der Waals surface area (Å²) in [6, 6.07) is 0. The number of hydrogen-bond acceptors (Lipinski definition) is 2. The number of hydrogen-bond donors (Lipinski definition) is 1. The molecule has 0 amide bonds. The van der Waals surface area contributed by atoms with E-state index in [0.717, 1.165) is 44.9 Å². The normalized spacial score (nSPS) is 44.5. The van der Waals surface area contributed by atoms with Crippen LogP contribution in [0.3, 0.4) is 0 Å². The van der Waals surface area contributed by atoms with Crippen molar-refractivity contribution < 1.29 is 9.90 Å². The number of alkyl halides is 1. The van der Waals surface area contributed by atoms with Gasteiger partial charge in [0.15, 0.2) is 5.78 Å². The Kier molecular flexibility index (Phi) is 5.08. The first-order valence-electron chi connectivity index (χ1n) is 11.0. The summed E-state index contributed by atoms with van der Waals surface area (Å²) in [5.41, 5.74) is 1.63. The molecule has 0 bridgehead atoms. The van der Waals surface area contributed by atoms with E-state index in [4.69, 9.17) is 11.6 Å². The Hall–Kier alpha value is -1.04. The molecule has 0 heterocycles. The summed E-state index contributed by atoms with van der Waals surface area (Å²) in [6.07, 6.45) is 11.6. The molecule has 4 rings (SSSR count). The maximum atomic E-state index is 12.1. The second-order valence-corrected chi connectivity index (χ2v) is 10.4. The Labute approximate surface area is 174 Å². The molecule has 0 aromatic heterocycles. The van der Waals surface area contributed by atoms with Crippen molar-refractivity contribution in [3.8, 4) is 11.8 Å². The molecule has 0 saturated heterocycles. The molecule has 3 unspecified atom stereocenters. The van der Waals surface area contributed by atoms with Crippen molar-refractivity contribution >= 4 is 17.4 Å². The lowest BCUT2D eigenvalue weighted by molar-refractivity contribution is -0.117. The number of halogens is 1. The van der Waals surface area contributed by atoms with Gasteiger partial charge in [0.25, 0.3) is 0 Å². The van der Waals surface area contributed by atoms with E-state index < -0.39 is 5.60 Å². The summed E-state index contributed by atoms with van der Waals surface area (Å²) >= 11 is 5.78. The fraction of sp³-hybridized carbons (Fsp3) is 0.720. The van der Waals surface area contributed by atoms with Crippen molar-refractivity contribution in [3.63, 3.8) is 0 Å². The molecule has 3 heteroatoms. The van der Waals surface area contributed by atoms with Crippen LogP contribution in [0.5, 0.6) is 0 Å². The lowest BCUT2D eigenvalue weighted by Gasteiger charge is -2.57. The van der Waals surface area contributed by atoms with Crippen LogP contribution in [-0.2, 0) is 4.79 Å². The van der Waals surface area contributed by atoms with Crippen LogP contribution >= 0.6 is 11.6 Å². The van der Waals surface area contributed by atoms with Gasteiger partial charge in [0.05, 0.1) is 0 Å². The van der Waals surface area contributed by atoms with Crippen LogP contribution in [0.2, 0.25) is 0 Å². The molecule has 28 heavy (non-hydrogen) atoms. The minimum Gasteiger partial charge on any atom is -0.377 e. The van der Waals surface area contributed by atoms with Crippen molar-refractivity contribution in [1.29, 1.82) is 0 Å². The van der Waals surface area contributed by atoms with Gasteiger partial charge in [-0.05, 0) is 80.3 Å². The molecule has 1 N–H and O–H groups in total. The lowest BCUT2D eigenvalue weighted by atomic mass is 9.47. The van der Waals surface area contributed by atoms with Gasteiger partial charge in [0, 0.05) is 24.1 Å². The number of unbranched alkanes of at least 4 members (excludes halogenated alkanes) is 1. The van der Waals surface area contributed by atoms with Crippen molar-refractivity contribution in [3.05, 3.63) is 23.3 Å². The van der Waals surface area contributed by atoms with Gasteiger partial charge in [-0.3, -0.25) is 4.79 Å². The Morgan fingerprint density at radius 3 is 2.71 bits per heavy atom. The zero-order valence-electron chi connectivity index (χ0n) is 17.5. The quantitative estimate of drug-likeness (QED) is 0.380. The maximum Gasteiger partial charge on any atom is 0.156 e. The fourth-order valence-electron chi connectivity index (χ4n) is 7.00. The first kappa shape index (κ1) is 20.2. The van der Waals surface area contributed by atoms with E-state index >= 15 is 0 Å². The smallest absolute Gasteiger partial charge is 0.156 e. The highest BCUT2D eigenvalue weighted by Gasteiger charge is 2.63. The van der Waals surface area contributed by atoms with Crippen LogP contribution in [0, 0.1) is 40.4 Å². The first-order chi connectivity index (χ1) is 13.2. The second-order valence-electron chi connectivity index (χ2n) is 10.0. The molecular formula is C25H33ClO2. The van der Waals surface area contributed by atoms with Gasteiger partial charge < -0.3 is 5.11 Å². The summed E-state index contributed by atoms with van der Waals surface area (Å²) < 4.78 is 0. The second kappa shape index (κ2) is 7.03. The number of rotatable bonds is 2. The standard InChI is InChI=1S/C25H33ClO2/c1-17-15-19-20(23(2)11-7-18(27)16-22(17)23)8-12-24(3)21(19)9-13-25(24,28)10-5-4-6-14-26/h15-16,19-21,28H,4,6-9,11-14H2,1-3H3/t19?,20?,21?,23-,24+,25+/m1/s1. The number of fused-ring (bicyclic) bond motifs is 5. The van der Waals surface area contributed by atoms with E-state index in [9.17, 15) is 9.90 Å². The molecule has 4 aliphatic rings. The lowest BCUT2D eigenvalue weighted by Crippen LogP contribution is -2.53. The minimum atomic E-state index is -0.879. The average Bonchev–Trinajstić information content (AvgIpc) is 2.92. The molecule has 0 spiro atoms. The molecule has 0 radical (unpaired) electrons. The largest absolute Gasteiger partial charge is 0.377 e. The Bertz CT molecular complexity index is 799. The van der Waals surface area contributed by atoms with Gasteiger partial charge in [0.1, 0.15) is 5.60 Å². The Morgan fingerprint density at radius 2 is 1.96 bits per heavy atom. The highest BCUT2D eigenvalue weighted by molar-refractivity contribution is 6.17. The van der Waals surface area contributed by atoms with Crippen LogP contribution in [0.4, 0.5) is 0 Å². The highest BCUT2D eigenvalue weighted by atomic mass is 35.5. The third kappa shape index (κ3) is 2.85. The van der Waals surface area contributed by atoms with Crippen LogP contribution in [0.25, 0.3) is 0 Å². The summed E-state index contributed by atoms with van der Waals surface area (Å²) in [5.74, 6) is 8.91. The predicted octanol–water partition coefficient (Wildman–Crippen LogP) is 5.44. The molecule has 0 aromatic rings. The fourth-order valence-corrected chi connectivity index (χ4v) is 7.13. The van der Waals surface area contributed by atoms with E-state index in [1.807, 2.05) is 6.08 Å². The number of aliphatic hydroxyl groups is 1. The van der Waals surface area contributed by atoms with Crippen molar-refractivity contribution in [1.82, 2.24) is 0 Å². The van der Waals surface area contributed by atoms with E-state index in [1.54, 1.807) is 0 Å². The SMILES string of the molecule is CC1=CC2C(CC[C@@]3(C)C2CC[C@@]3(O)C#CCCCCl)[C@@]2(C)CCC(=O)C=C12. The van der Waals surface area contributed by atoms with E-state index in [-0.39, 0.29) is 16.6 Å². The molecule has 2 fully saturated rings. The minimum absolute atomic E-state index is 0.103. The summed E-state index contributed by atoms with van der Waals surface area (Å²) in [5, 5.41) is 11.5. The van der Waals surface area contributed by atoms with Crippen molar-refractivity contribution in [2.45, 2.75) is 77.7 Å². The predicted molar refractivity (Wildman–Crippen MR) is 114 cm³/mol. The topological polar surface area (TPSA) is 37.3 Å². The van der Waals surface area contributed by atoms with Gasteiger partial charge in [-0.15, -0.1) is 17.5 Å². The highest BCUT2D eigenvalue weighted by Crippen LogP contribution is 2.66. The van der Waals surface area contributed by atoms with Crippen molar-refractivity contribution in [2.24, 2.45) is 28.6 Å². The molecule has 4 aliphatic carbocycles. The van der Waals surface area contributed by atoms with E-state index in [2.05, 4.69) is 38.7 Å². The molecule has 2 nitrogen and oxygen atoms in total. The number of ketones is 1. The van der Waals surface area contributed by atoms with Gasteiger partial charge >= 0.3 is 0 Å². The van der Waals surface area contributed by atoms with Crippen LogP contribution in [0.1, 0.15) is 72.1 Å². The van der Waals surface area contributed by atoms with Crippen LogP contribution < -0.4 is 0 Å². The van der Waals surface area contributed by atoms with Gasteiger partial charge in [-0.25, -0.2) is 0 Å². The maximum absolute atomic E-state index is 12.1. The summed E-state index contributed by atoms with van der Waals surface area (Å²) in [6.45, 7) is 6.84. The van der Waals surface area contributed by atoms with Gasteiger partial charge in [-0.2, -0.15) is 0 Å². The molecular weight excluding hydrogens is 368 g/mol. The van der Waals surface area contributed by atoms with E-state index in [1.165, 1.54) is 11.1 Å². The van der Waals surface area contributed by atoms with Crippen LogP contribution in [0.15, 0.2) is 23.3 Å². The zero-order valence-corrected chi connectivity index (χ0v) is 18.2. The van der Waals surface area contributed by atoms with Gasteiger partial charge in [-0.1, -0.05) is 31.4 Å².